The molecule has 0 unspecified atom stereocenters. The van der Waals surface area contributed by atoms with Gasteiger partial charge in [-0.2, -0.15) is 0 Å². The topological polar surface area (TPSA) is 47.6 Å². The molecule has 18 heavy (non-hydrogen) atoms. The van der Waals surface area contributed by atoms with E-state index in [9.17, 15) is 4.79 Å². The predicted molar refractivity (Wildman–Crippen MR) is 73.3 cm³/mol. The molecule has 1 aromatic rings. The van der Waals surface area contributed by atoms with Crippen LogP contribution in [0.2, 0.25) is 0 Å². The lowest BCUT2D eigenvalue weighted by atomic mass is 9.98. The van der Waals surface area contributed by atoms with Crippen LogP contribution in [0.15, 0.2) is 24.3 Å². The van der Waals surface area contributed by atoms with E-state index in [1.54, 1.807) is 0 Å². The van der Waals surface area contributed by atoms with Crippen LogP contribution in [0.4, 0.5) is 0 Å². The number of hydrogen-bond acceptors (Lipinski definition) is 3. The Morgan fingerprint density at radius 3 is 2.39 bits per heavy atom. The number of carbonyl (C=O) groups is 1. The monoisotopic (exact) mass is 293 g/mol. The van der Waals surface area contributed by atoms with E-state index >= 15 is 0 Å². The molecule has 1 amide bonds. The minimum absolute atomic E-state index is 0. The maximum absolute atomic E-state index is 12.0. The lowest BCUT2D eigenvalue weighted by molar-refractivity contribution is -0.215. The molecule has 0 saturated heterocycles. The average molecular weight is 294 g/mol. The Kier molecular flexibility index (Phi) is 6.63. The molecule has 1 N–H and O–H groups in total. The molecule has 0 fully saturated rings. The van der Waals surface area contributed by atoms with E-state index in [0.717, 1.165) is 17.5 Å². The molecule has 2 rings (SSSR count). The molecule has 0 saturated carbocycles. The van der Waals surface area contributed by atoms with Gasteiger partial charge in [-0.1, -0.05) is 24.3 Å². The van der Waals surface area contributed by atoms with Crippen molar-refractivity contribution >= 4 is 30.7 Å². The minimum atomic E-state index is -1.31. The SMILES string of the molecule is COC1(OC)C(=O)NCCc2ccccc21.Cl.Cl. The Labute approximate surface area is 119 Å². The first-order chi connectivity index (χ1) is 7.74. The maximum Gasteiger partial charge on any atom is 0.285 e. The first-order valence-corrected chi connectivity index (χ1v) is 5.21. The molecule has 0 spiro atoms. The number of fused-ring (bicyclic) bond motifs is 1. The van der Waals surface area contributed by atoms with Gasteiger partial charge in [0.1, 0.15) is 0 Å². The van der Waals surface area contributed by atoms with Crippen molar-refractivity contribution in [2.45, 2.75) is 12.2 Å². The van der Waals surface area contributed by atoms with E-state index in [2.05, 4.69) is 5.32 Å². The molecule has 1 aliphatic rings. The van der Waals surface area contributed by atoms with Gasteiger partial charge >= 0.3 is 0 Å². The van der Waals surface area contributed by atoms with Crippen LogP contribution in [0.3, 0.4) is 0 Å². The number of amides is 1. The second-order valence-corrected chi connectivity index (χ2v) is 3.69. The average Bonchev–Trinajstić information content (AvgIpc) is 2.46. The van der Waals surface area contributed by atoms with Crippen molar-refractivity contribution in [1.29, 1.82) is 0 Å². The van der Waals surface area contributed by atoms with Gasteiger partial charge in [-0.05, 0) is 12.0 Å². The van der Waals surface area contributed by atoms with Crippen LogP contribution in [0.5, 0.6) is 0 Å². The summed E-state index contributed by atoms with van der Waals surface area (Å²) in [5.41, 5.74) is 1.86. The lowest BCUT2D eigenvalue weighted by Gasteiger charge is -2.29. The Hall–Kier alpha value is -0.810. The highest BCUT2D eigenvalue weighted by atomic mass is 35.5. The number of rotatable bonds is 2. The van der Waals surface area contributed by atoms with Crippen LogP contribution in [-0.4, -0.2) is 26.7 Å². The van der Waals surface area contributed by atoms with Gasteiger partial charge in [0.15, 0.2) is 0 Å². The van der Waals surface area contributed by atoms with Crippen molar-refractivity contribution < 1.29 is 14.3 Å². The molecule has 1 heterocycles. The van der Waals surface area contributed by atoms with Crippen molar-refractivity contribution in [2.75, 3.05) is 20.8 Å². The van der Waals surface area contributed by atoms with Gasteiger partial charge in [0.2, 0.25) is 0 Å². The Balaban J connectivity index is 0.00000144. The molecular weight excluding hydrogens is 277 g/mol. The van der Waals surface area contributed by atoms with Gasteiger partial charge < -0.3 is 14.8 Å². The number of methoxy groups -OCH3 is 2. The molecule has 0 bridgehead atoms. The van der Waals surface area contributed by atoms with Crippen LogP contribution in [0.1, 0.15) is 11.1 Å². The maximum atomic E-state index is 12.0. The third kappa shape index (κ3) is 2.62. The number of benzene rings is 1. The summed E-state index contributed by atoms with van der Waals surface area (Å²) < 4.78 is 10.6. The number of carbonyl (C=O) groups excluding carboxylic acids is 1. The van der Waals surface area contributed by atoms with Crippen molar-refractivity contribution in [2.24, 2.45) is 0 Å². The summed E-state index contributed by atoms with van der Waals surface area (Å²) >= 11 is 0. The first kappa shape index (κ1) is 17.2. The highest BCUT2D eigenvalue weighted by Crippen LogP contribution is 2.31. The van der Waals surface area contributed by atoms with Gasteiger partial charge in [-0.25, -0.2) is 0 Å². The summed E-state index contributed by atoms with van der Waals surface area (Å²) in [5, 5.41) is 2.80. The summed E-state index contributed by atoms with van der Waals surface area (Å²) in [7, 11) is 2.95. The summed E-state index contributed by atoms with van der Waals surface area (Å²) in [4.78, 5) is 12.0. The number of hydrogen-bond donors (Lipinski definition) is 1. The third-order valence-corrected chi connectivity index (χ3v) is 2.93. The second kappa shape index (κ2) is 6.95. The largest absolute Gasteiger partial charge is 0.351 e. The normalized spacial score (nSPS) is 16.4. The van der Waals surface area contributed by atoms with Crippen molar-refractivity contribution in [3.63, 3.8) is 0 Å². The molecule has 0 aliphatic carbocycles. The fourth-order valence-corrected chi connectivity index (χ4v) is 2.10. The van der Waals surface area contributed by atoms with Crippen LogP contribution >= 0.6 is 24.8 Å². The van der Waals surface area contributed by atoms with Crippen molar-refractivity contribution in [3.8, 4) is 0 Å². The number of nitrogens with one attached hydrogen (secondary N) is 1. The first-order valence-electron chi connectivity index (χ1n) is 5.21. The Morgan fingerprint density at radius 2 is 1.78 bits per heavy atom. The third-order valence-electron chi connectivity index (χ3n) is 2.93. The molecular formula is C12H17Cl2NO3. The van der Waals surface area contributed by atoms with E-state index in [0.29, 0.717) is 6.54 Å². The molecule has 6 heteroatoms. The Bertz CT molecular complexity index is 408. The fraction of sp³-hybridized carbons (Fsp3) is 0.417. The Morgan fingerprint density at radius 1 is 1.17 bits per heavy atom. The number of ether oxygens (including phenoxy) is 2. The summed E-state index contributed by atoms with van der Waals surface area (Å²) in [6, 6.07) is 7.69. The molecule has 0 aromatic heterocycles. The van der Waals surface area contributed by atoms with Crippen LogP contribution in [0.25, 0.3) is 0 Å². The summed E-state index contributed by atoms with van der Waals surface area (Å²) in [6.07, 6.45) is 0.788. The second-order valence-electron chi connectivity index (χ2n) is 3.69. The van der Waals surface area contributed by atoms with Crippen LogP contribution in [-0.2, 0) is 26.5 Å². The predicted octanol–water partition coefficient (Wildman–Crippen LogP) is 1.65. The van der Waals surface area contributed by atoms with Crippen LogP contribution < -0.4 is 5.32 Å². The smallest absolute Gasteiger partial charge is 0.285 e. The zero-order valence-electron chi connectivity index (χ0n) is 10.3. The van der Waals surface area contributed by atoms with Gasteiger partial charge in [0.05, 0.1) is 0 Å². The number of halogens is 2. The minimum Gasteiger partial charge on any atom is -0.351 e. The van der Waals surface area contributed by atoms with Gasteiger partial charge in [-0.3, -0.25) is 4.79 Å². The zero-order valence-corrected chi connectivity index (χ0v) is 11.9. The fourth-order valence-electron chi connectivity index (χ4n) is 2.10. The van der Waals surface area contributed by atoms with Gasteiger partial charge in [0, 0.05) is 26.3 Å². The summed E-state index contributed by atoms with van der Waals surface area (Å²) in [6.45, 7) is 0.602. The van der Waals surface area contributed by atoms with E-state index < -0.39 is 5.79 Å². The molecule has 102 valence electrons. The van der Waals surface area contributed by atoms with E-state index in [4.69, 9.17) is 9.47 Å². The molecule has 0 radical (unpaired) electrons. The van der Waals surface area contributed by atoms with E-state index in [-0.39, 0.29) is 30.7 Å². The van der Waals surface area contributed by atoms with E-state index in [1.165, 1.54) is 14.2 Å². The highest BCUT2D eigenvalue weighted by molar-refractivity contribution is 5.86. The summed E-state index contributed by atoms with van der Waals surface area (Å²) in [5.74, 6) is -1.56. The quantitative estimate of drug-likeness (QED) is 0.844. The van der Waals surface area contributed by atoms with Crippen molar-refractivity contribution in [1.82, 2.24) is 5.32 Å². The zero-order chi connectivity index (χ0) is 11.6. The standard InChI is InChI=1S/C12H15NO3.2ClH/c1-15-12(16-2)10-6-4-3-5-9(10)7-8-13-11(12)14;;/h3-6H,7-8H2,1-2H3,(H,13,14);2*1H. The lowest BCUT2D eigenvalue weighted by Crippen LogP contribution is -2.46. The molecule has 4 nitrogen and oxygen atoms in total. The van der Waals surface area contributed by atoms with Crippen molar-refractivity contribution in [3.05, 3.63) is 35.4 Å². The highest BCUT2D eigenvalue weighted by Gasteiger charge is 2.43. The van der Waals surface area contributed by atoms with Gasteiger partial charge in [0.25, 0.3) is 11.7 Å². The van der Waals surface area contributed by atoms with Crippen LogP contribution in [0, 0.1) is 0 Å². The molecule has 0 atom stereocenters. The van der Waals surface area contributed by atoms with E-state index in [1.807, 2.05) is 24.3 Å². The molecule has 1 aromatic carbocycles. The molecule has 1 aliphatic heterocycles. The van der Waals surface area contributed by atoms with Gasteiger partial charge in [-0.15, -0.1) is 24.8 Å².